The Kier molecular flexibility index (Phi) is 3.79. The number of pyridine rings is 1. The summed E-state index contributed by atoms with van der Waals surface area (Å²) in [4.78, 5) is 3.76. The van der Waals surface area contributed by atoms with Crippen molar-refractivity contribution in [1.29, 1.82) is 0 Å². The number of aromatic nitrogens is 1. The number of rotatable bonds is 2. The van der Waals surface area contributed by atoms with Crippen molar-refractivity contribution in [1.82, 2.24) is 4.98 Å². The topological polar surface area (TPSA) is 71.5 Å². The molecule has 0 unspecified atom stereocenters. The van der Waals surface area contributed by atoms with Gasteiger partial charge in [-0.1, -0.05) is 17.3 Å². The summed E-state index contributed by atoms with van der Waals surface area (Å²) in [5, 5.41) is 11.3. The smallest absolute Gasteiger partial charge is 0.409 e. The van der Waals surface area contributed by atoms with Gasteiger partial charge < -0.3 is 10.9 Å². The summed E-state index contributed by atoms with van der Waals surface area (Å²) in [6.07, 6.45) is -3.66. The molecule has 0 spiro atoms. The first-order valence-corrected chi connectivity index (χ1v) is 5.64. The Morgan fingerprint density at radius 1 is 1.24 bits per heavy atom. The van der Waals surface area contributed by atoms with E-state index in [1.54, 1.807) is 0 Å². The molecule has 0 saturated heterocycles. The third-order valence-corrected chi connectivity index (χ3v) is 2.74. The largest absolute Gasteiger partial charge is 0.419 e. The Hall–Kier alpha value is -2.64. The van der Waals surface area contributed by atoms with Gasteiger partial charge in [-0.3, -0.25) is 4.98 Å². The van der Waals surface area contributed by atoms with Gasteiger partial charge in [0.2, 0.25) is 0 Å². The van der Waals surface area contributed by atoms with E-state index in [0.29, 0.717) is 0 Å². The maximum Gasteiger partial charge on any atom is 0.419 e. The van der Waals surface area contributed by atoms with Gasteiger partial charge in [-0.2, -0.15) is 13.2 Å². The summed E-state index contributed by atoms with van der Waals surface area (Å²) in [6, 6.07) is 5.50. The fourth-order valence-corrected chi connectivity index (χ4v) is 1.84. The molecule has 2 aromatic rings. The van der Waals surface area contributed by atoms with E-state index in [1.807, 2.05) is 0 Å². The zero-order valence-electron chi connectivity index (χ0n) is 10.4. The van der Waals surface area contributed by atoms with E-state index in [0.717, 1.165) is 12.1 Å². The quantitative estimate of drug-likeness (QED) is 0.294. The van der Waals surface area contributed by atoms with E-state index in [1.165, 1.54) is 24.4 Å². The van der Waals surface area contributed by atoms with Crippen LogP contribution in [0.1, 0.15) is 11.3 Å². The van der Waals surface area contributed by atoms with Gasteiger partial charge >= 0.3 is 6.18 Å². The van der Waals surface area contributed by atoms with Crippen LogP contribution in [-0.2, 0) is 6.18 Å². The van der Waals surface area contributed by atoms with Crippen LogP contribution in [0.4, 0.5) is 17.6 Å². The van der Waals surface area contributed by atoms with Crippen LogP contribution in [-0.4, -0.2) is 16.0 Å². The third kappa shape index (κ3) is 2.93. The van der Waals surface area contributed by atoms with E-state index >= 15 is 0 Å². The zero-order chi connectivity index (χ0) is 15.6. The maximum atomic E-state index is 13.5. The number of hydrogen-bond acceptors (Lipinski definition) is 3. The zero-order valence-corrected chi connectivity index (χ0v) is 10.4. The molecular formula is C13H9F4N3O. The molecule has 0 aliphatic rings. The van der Waals surface area contributed by atoms with E-state index < -0.39 is 17.6 Å². The van der Waals surface area contributed by atoms with Crippen molar-refractivity contribution in [3.05, 3.63) is 53.6 Å². The number of benzene rings is 1. The average molecular weight is 299 g/mol. The summed E-state index contributed by atoms with van der Waals surface area (Å²) in [7, 11) is 0. The van der Waals surface area contributed by atoms with E-state index in [-0.39, 0.29) is 22.7 Å². The van der Waals surface area contributed by atoms with E-state index in [2.05, 4.69) is 10.1 Å². The summed E-state index contributed by atoms with van der Waals surface area (Å²) in [5.41, 5.74) is 3.65. The summed E-state index contributed by atoms with van der Waals surface area (Å²) in [6.45, 7) is 0. The maximum absolute atomic E-state index is 13.5. The lowest BCUT2D eigenvalue weighted by Gasteiger charge is -2.14. The summed E-state index contributed by atoms with van der Waals surface area (Å²) >= 11 is 0. The molecule has 0 aliphatic heterocycles. The van der Waals surface area contributed by atoms with Crippen molar-refractivity contribution < 1.29 is 22.8 Å². The van der Waals surface area contributed by atoms with Crippen molar-refractivity contribution in [2.24, 2.45) is 10.9 Å². The first-order valence-electron chi connectivity index (χ1n) is 5.64. The predicted octanol–water partition coefficient (Wildman–Crippen LogP) is 3.00. The Balaban J connectivity index is 2.66. The number of halogens is 4. The molecule has 8 heteroatoms. The molecule has 0 saturated carbocycles. The van der Waals surface area contributed by atoms with Crippen LogP contribution in [0, 0.1) is 5.82 Å². The predicted molar refractivity (Wildman–Crippen MR) is 67.1 cm³/mol. The molecule has 1 heterocycles. The molecule has 1 aromatic carbocycles. The van der Waals surface area contributed by atoms with Crippen molar-refractivity contribution in [3.63, 3.8) is 0 Å². The van der Waals surface area contributed by atoms with E-state index in [4.69, 9.17) is 10.9 Å². The number of hydrogen-bond donors (Lipinski definition) is 2. The second-order valence-electron chi connectivity index (χ2n) is 4.08. The van der Waals surface area contributed by atoms with Gasteiger partial charge in [-0.15, -0.1) is 0 Å². The minimum atomic E-state index is -4.85. The van der Waals surface area contributed by atoms with Crippen molar-refractivity contribution in [3.8, 4) is 11.1 Å². The van der Waals surface area contributed by atoms with Gasteiger partial charge in [0.1, 0.15) is 11.5 Å². The van der Waals surface area contributed by atoms with Crippen LogP contribution >= 0.6 is 0 Å². The van der Waals surface area contributed by atoms with Crippen LogP contribution in [0.25, 0.3) is 11.1 Å². The molecule has 0 amide bonds. The minimum absolute atomic E-state index is 0.0209. The minimum Gasteiger partial charge on any atom is -0.409 e. The van der Waals surface area contributed by atoms with Gasteiger partial charge in [0.05, 0.1) is 5.56 Å². The second-order valence-corrected chi connectivity index (χ2v) is 4.08. The highest BCUT2D eigenvalue weighted by molar-refractivity contribution is 5.96. The number of amidine groups is 1. The first kappa shape index (κ1) is 14.8. The highest BCUT2D eigenvalue weighted by atomic mass is 19.4. The Bertz CT molecular complexity index is 698. The van der Waals surface area contributed by atoms with E-state index in [9.17, 15) is 17.6 Å². The number of nitrogens with two attached hydrogens (primary N) is 1. The van der Waals surface area contributed by atoms with Gasteiger partial charge in [0, 0.05) is 6.20 Å². The molecule has 0 bridgehead atoms. The fourth-order valence-electron chi connectivity index (χ4n) is 1.84. The molecule has 0 aliphatic carbocycles. The normalized spacial score (nSPS) is 12.5. The van der Waals surface area contributed by atoms with Crippen LogP contribution < -0.4 is 5.73 Å². The average Bonchev–Trinajstić information content (AvgIpc) is 2.45. The molecule has 110 valence electrons. The van der Waals surface area contributed by atoms with Crippen LogP contribution in [0.2, 0.25) is 0 Å². The van der Waals surface area contributed by atoms with Crippen molar-refractivity contribution in [2.75, 3.05) is 0 Å². The van der Waals surface area contributed by atoms with Gasteiger partial charge in [-0.25, -0.2) is 4.39 Å². The molecule has 2 rings (SSSR count). The lowest BCUT2D eigenvalue weighted by molar-refractivity contribution is -0.139. The van der Waals surface area contributed by atoms with Gasteiger partial charge in [0.15, 0.2) is 5.84 Å². The molecule has 0 radical (unpaired) electrons. The Morgan fingerprint density at radius 3 is 2.57 bits per heavy atom. The lowest BCUT2D eigenvalue weighted by Crippen LogP contribution is -2.15. The molecule has 4 nitrogen and oxygen atoms in total. The molecule has 21 heavy (non-hydrogen) atoms. The fraction of sp³-hybridized carbons (Fsp3) is 0.0769. The summed E-state index contributed by atoms with van der Waals surface area (Å²) < 4.78 is 52.5. The first-order chi connectivity index (χ1) is 9.84. The number of nitrogens with zero attached hydrogens (tertiary/aromatic N) is 2. The summed E-state index contributed by atoms with van der Waals surface area (Å²) in [5.74, 6) is -1.73. The highest BCUT2D eigenvalue weighted by Gasteiger charge is 2.37. The number of alkyl halides is 3. The van der Waals surface area contributed by atoms with Crippen LogP contribution in [0.3, 0.4) is 0 Å². The van der Waals surface area contributed by atoms with Gasteiger partial charge in [0.25, 0.3) is 0 Å². The molecule has 0 fully saturated rings. The SMILES string of the molecule is NC(=NO)c1cc(-c2cccc(F)c2C(F)(F)F)ccn1. The second kappa shape index (κ2) is 5.39. The van der Waals surface area contributed by atoms with Gasteiger partial charge in [-0.05, 0) is 29.3 Å². The monoisotopic (exact) mass is 299 g/mol. The third-order valence-electron chi connectivity index (χ3n) is 2.74. The molecule has 0 atom stereocenters. The standard InChI is InChI=1S/C13H9F4N3O/c14-9-3-1-2-8(11(9)13(15,16)17)7-4-5-19-10(6-7)12(18)20-21/h1-6,21H,(H2,18,20). The molecular weight excluding hydrogens is 290 g/mol. The van der Waals surface area contributed by atoms with Crippen LogP contribution in [0.5, 0.6) is 0 Å². The lowest BCUT2D eigenvalue weighted by atomic mass is 9.99. The Morgan fingerprint density at radius 2 is 1.95 bits per heavy atom. The Labute approximate surface area is 116 Å². The van der Waals surface area contributed by atoms with Crippen molar-refractivity contribution in [2.45, 2.75) is 6.18 Å². The highest BCUT2D eigenvalue weighted by Crippen LogP contribution is 2.38. The number of oxime groups is 1. The van der Waals surface area contributed by atoms with Crippen molar-refractivity contribution >= 4 is 5.84 Å². The molecule has 1 aromatic heterocycles. The molecule has 3 N–H and O–H groups in total. The van der Waals surface area contributed by atoms with Crippen LogP contribution in [0.15, 0.2) is 41.7 Å².